The molecule has 1 aromatic rings. The van der Waals surface area contributed by atoms with Crippen molar-refractivity contribution in [3.8, 4) is 0 Å². The van der Waals surface area contributed by atoms with Gasteiger partial charge in [0.1, 0.15) is 5.82 Å². The highest BCUT2D eigenvalue weighted by Gasteiger charge is 2.33. The maximum Gasteiger partial charge on any atom is 0.308 e. The van der Waals surface area contributed by atoms with Crippen LogP contribution in [0.1, 0.15) is 32.3 Å². The molecule has 2 N–H and O–H groups in total. The average Bonchev–Trinajstić information content (AvgIpc) is 2.56. The first kappa shape index (κ1) is 18.4. The van der Waals surface area contributed by atoms with Gasteiger partial charge < -0.3 is 15.2 Å². The Kier molecular flexibility index (Phi) is 5.94. The van der Waals surface area contributed by atoms with E-state index in [9.17, 15) is 19.1 Å². The molecule has 0 aliphatic carbocycles. The van der Waals surface area contributed by atoms with Crippen LogP contribution in [0.4, 0.5) is 4.39 Å². The van der Waals surface area contributed by atoms with E-state index in [2.05, 4.69) is 5.32 Å². The van der Waals surface area contributed by atoms with E-state index in [0.717, 1.165) is 0 Å². The quantitative estimate of drug-likeness (QED) is 0.835. The zero-order valence-electron chi connectivity index (χ0n) is 14.0. The SMILES string of the molecule is CC(C)(C(=O)NCC(C(=O)O)C1CCOCC1)c1ccc(F)cc1. The maximum absolute atomic E-state index is 13.0. The van der Waals surface area contributed by atoms with Gasteiger partial charge in [-0.15, -0.1) is 0 Å². The van der Waals surface area contributed by atoms with Gasteiger partial charge in [0.05, 0.1) is 11.3 Å². The largest absolute Gasteiger partial charge is 0.481 e. The van der Waals surface area contributed by atoms with E-state index in [1.807, 2.05) is 0 Å². The summed E-state index contributed by atoms with van der Waals surface area (Å²) in [7, 11) is 0. The average molecular weight is 337 g/mol. The van der Waals surface area contributed by atoms with Crippen molar-refractivity contribution in [2.75, 3.05) is 19.8 Å². The van der Waals surface area contributed by atoms with Gasteiger partial charge in [-0.3, -0.25) is 9.59 Å². The minimum Gasteiger partial charge on any atom is -0.481 e. The van der Waals surface area contributed by atoms with Crippen LogP contribution >= 0.6 is 0 Å². The summed E-state index contributed by atoms with van der Waals surface area (Å²) in [5, 5.41) is 12.2. The third-order valence-corrected chi connectivity index (χ3v) is 4.77. The Balaban J connectivity index is 2.01. The maximum atomic E-state index is 13.0. The number of ether oxygens (including phenoxy) is 1. The number of amides is 1. The zero-order valence-corrected chi connectivity index (χ0v) is 14.0. The van der Waals surface area contributed by atoms with Crippen LogP contribution in [0.25, 0.3) is 0 Å². The molecule has 1 unspecified atom stereocenters. The molecule has 2 rings (SSSR count). The number of carbonyl (C=O) groups is 2. The lowest BCUT2D eigenvalue weighted by Crippen LogP contribution is -2.45. The van der Waals surface area contributed by atoms with Gasteiger partial charge in [0.2, 0.25) is 5.91 Å². The summed E-state index contributed by atoms with van der Waals surface area (Å²) in [5.41, 5.74) is -0.189. The first-order valence-electron chi connectivity index (χ1n) is 8.17. The van der Waals surface area contributed by atoms with Gasteiger partial charge in [-0.25, -0.2) is 4.39 Å². The summed E-state index contributed by atoms with van der Waals surface area (Å²) in [4.78, 5) is 24.1. The topological polar surface area (TPSA) is 75.6 Å². The molecule has 1 saturated heterocycles. The van der Waals surface area contributed by atoms with Crippen LogP contribution in [-0.2, 0) is 19.7 Å². The number of hydrogen-bond donors (Lipinski definition) is 2. The third-order valence-electron chi connectivity index (χ3n) is 4.77. The molecule has 0 spiro atoms. The van der Waals surface area contributed by atoms with Crippen molar-refractivity contribution in [3.05, 3.63) is 35.6 Å². The Hall–Kier alpha value is -1.95. The standard InChI is InChI=1S/C18H24FNO4/c1-18(2,13-3-5-14(19)6-4-13)17(23)20-11-15(16(21)22)12-7-9-24-10-8-12/h3-6,12,15H,7-11H2,1-2H3,(H,20,23)(H,21,22). The first-order valence-corrected chi connectivity index (χ1v) is 8.17. The molecular weight excluding hydrogens is 313 g/mol. The lowest BCUT2D eigenvalue weighted by Gasteiger charge is -2.29. The summed E-state index contributed by atoms with van der Waals surface area (Å²) in [6, 6.07) is 5.77. The van der Waals surface area contributed by atoms with Crippen molar-refractivity contribution < 1.29 is 23.8 Å². The van der Waals surface area contributed by atoms with E-state index in [4.69, 9.17) is 4.74 Å². The zero-order chi connectivity index (χ0) is 17.7. The van der Waals surface area contributed by atoms with E-state index in [1.54, 1.807) is 26.0 Å². The van der Waals surface area contributed by atoms with Crippen LogP contribution in [0, 0.1) is 17.7 Å². The van der Waals surface area contributed by atoms with Gasteiger partial charge in [0, 0.05) is 19.8 Å². The highest BCUT2D eigenvalue weighted by atomic mass is 19.1. The normalized spacial score (nSPS) is 17.3. The highest BCUT2D eigenvalue weighted by molar-refractivity contribution is 5.87. The number of aliphatic carboxylic acids is 1. The Bertz CT molecular complexity index is 579. The second-order valence-electron chi connectivity index (χ2n) is 6.74. The van der Waals surface area contributed by atoms with Crippen molar-refractivity contribution in [1.29, 1.82) is 0 Å². The van der Waals surface area contributed by atoms with Crippen molar-refractivity contribution in [2.24, 2.45) is 11.8 Å². The minimum atomic E-state index is -0.901. The van der Waals surface area contributed by atoms with E-state index >= 15 is 0 Å². The number of rotatable bonds is 6. The Morgan fingerprint density at radius 3 is 2.42 bits per heavy atom. The van der Waals surface area contributed by atoms with Crippen molar-refractivity contribution in [2.45, 2.75) is 32.1 Å². The minimum absolute atomic E-state index is 0.00508. The van der Waals surface area contributed by atoms with E-state index in [-0.39, 0.29) is 24.2 Å². The number of benzene rings is 1. The number of carboxylic acids is 1. The van der Waals surface area contributed by atoms with E-state index in [0.29, 0.717) is 31.6 Å². The second-order valence-corrected chi connectivity index (χ2v) is 6.74. The van der Waals surface area contributed by atoms with Crippen molar-refractivity contribution in [1.82, 2.24) is 5.32 Å². The molecule has 1 aromatic carbocycles. The molecule has 0 saturated carbocycles. The fraction of sp³-hybridized carbons (Fsp3) is 0.556. The molecule has 24 heavy (non-hydrogen) atoms. The van der Waals surface area contributed by atoms with E-state index in [1.165, 1.54) is 12.1 Å². The van der Waals surface area contributed by atoms with Crippen molar-refractivity contribution in [3.63, 3.8) is 0 Å². The molecule has 1 amide bonds. The molecule has 0 aromatic heterocycles. The number of carboxylic acid groups (broad SMARTS) is 1. The number of nitrogens with one attached hydrogen (secondary N) is 1. The summed E-state index contributed by atoms with van der Waals surface area (Å²) in [6.45, 7) is 4.68. The molecule has 1 heterocycles. The third kappa shape index (κ3) is 4.32. The van der Waals surface area contributed by atoms with Gasteiger partial charge in [0.15, 0.2) is 0 Å². The molecule has 132 valence electrons. The fourth-order valence-corrected chi connectivity index (χ4v) is 3.00. The van der Waals surface area contributed by atoms with Gasteiger partial charge in [-0.1, -0.05) is 12.1 Å². The molecule has 1 aliphatic heterocycles. The van der Waals surface area contributed by atoms with Gasteiger partial charge in [-0.2, -0.15) is 0 Å². The number of carbonyl (C=O) groups excluding carboxylic acids is 1. The summed E-state index contributed by atoms with van der Waals surface area (Å²) in [6.07, 6.45) is 1.38. The molecule has 1 fully saturated rings. The van der Waals surface area contributed by atoms with Gasteiger partial charge in [-0.05, 0) is 50.3 Å². The Labute approximate surface area is 141 Å². The molecule has 1 aliphatic rings. The smallest absolute Gasteiger partial charge is 0.308 e. The highest BCUT2D eigenvalue weighted by Crippen LogP contribution is 2.26. The molecule has 0 radical (unpaired) electrons. The molecule has 5 nitrogen and oxygen atoms in total. The number of halogens is 1. The van der Waals surface area contributed by atoms with E-state index < -0.39 is 17.3 Å². The van der Waals surface area contributed by atoms with Crippen LogP contribution < -0.4 is 5.32 Å². The molecule has 0 bridgehead atoms. The lowest BCUT2D eigenvalue weighted by atomic mass is 9.82. The Morgan fingerprint density at radius 2 is 1.88 bits per heavy atom. The number of hydrogen-bond acceptors (Lipinski definition) is 3. The van der Waals surface area contributed by atoms with Crippen LogP contribution in [0.15, 0.2) is 24.3 Å². The molecule has 6 heteroatoms. The predicted molar refractivity (Wildman–Crippen MR) is 87.1 cm³/mol. The first-order chi connectivity index (χ1) is 11.3. The Morgan fingerprint density at radius 1 is 1.29 bits per heavy atom. The van der Waals surface area contributed by atoms with Crippen LogP contribution in [-0.4, -0.2) is 36.7 Å². The summed E-state index contributed by atoms with van der Waals surface area (Å²) in [5.74, 6) is -2.15. The van der Waals surface area contributed by atoms with Crippen LogP contribution in [0.3, 0.4) is 0 Å². The summed E-state index contributed by atoms with van der Waals surface area (Å²) >= 11 is 0. The van der Waals surface area contributed by atoms with Crippen LogP contribution in [0.5, 0.6) is 0 Å². The monoisotopic (exact) mass is 337 g/mol. The second kappa shape index (κ2) is 7.75. The fourth-order valence-electron chi connectivity index (χ4n) is 3.00. The molecular formula is C18H24FNO4. The predicted octanol–water partition coefficient (Wildman–Crippen LogP) is 2.35. The van der Waals surface area contributed by atoms with Gasteiger partial charge >= 0.3 is 5.97 Å². The summed E-state index contributed by atoms with van der Waals surface area (Å²) < 4.78 is 18.3. The lowest BCUT2D eigenvalue weighted by molar-refractivity contribution is -0.145. The van der Waals surface area contributed by atoms with Gasteiger partial charge in [0.25, 0.3) is 0 Å². The van der Waals surface area contributed by atoms with Crippen molar-refractivity contribution >= 4 is 11.9 Å². The molecule has 1 atom stereocenters. The van der Waals surface area contributed by atoms with Crippen LogP contribution in [0.2, 0.25) is 0 Å².